The van der Waals surface area contributed by atoms with Crippen LogP contribution in [0.25, 0.3) is 0 Å². The molecule has 0 amide bonds. The summed E-state index contributed by atoms with van der Waals surface area (Å²) in [4.78, 5) is 25.2. The summed E-state index contributed by atoms with van der Waals surface area (Å²) in [5.41, 5.74) is 0. The molecular weight excluding hydrogens is 818 g/mol. The van der Waals surface area contributed by atoms with E-state index in [2.05, 4.69) is 50.3 Å². The summed E-state index contributed by atoms with van der Waals surface area (Å²) >= 11 is 0. The van der Waals surface area contributed by atoms with Gasteiger partial charge in [0.15, 0.2) is 0 Å². The van der Waals surface area contributed by atoms with E-state index in [0.29, 0.717) is 24.1 Å². The van der Waals surface area contributed by atoms with Gasteiger partial charge in [-0.25, -0.2) is 0 Å². The first-order valence-electron chi connectivity index (χ1n) is 27.2. The Kier molecular flexibility index (Phi) is 47.2. The van der Waals surface area contributed by atoms with Crippen LogP contribution in [0.15, 0.2) is 36.5 Å². The molecule has 0 saturated carbocycles. The van der Waals surface area contributed by atoms with Crippen molar-refractivity contribution in [2.45, 2.75) is 258 Å². The van der Waals surface area contributed by atoms with Crippen LogP contribution in [-0.2, 0) is 27.9 Å². The molecule has 64 heavy (non-hydrogen) atoms. The molecule has 0 saturated heterocycles. The fraction of sp³-hybridized carbons (Fsp3) is 0.873. The van der Waals surface area contributed by atoms with E-state index in [1.807, 2.05) is 21.1 Å². The molecule has 0 bridgehead atoms. The van der Waals surface area contributed by atoms with Gasteiger partial charge >= 0.3 is 5.97 Å². The quantitative estimate of drug-likeness (QED) is 0.0197. The van der Waals surface area contributed by atoms with Crippen molar-refractivity contribution in [3.05, 3.63) is 36.5 Å². The van der Waals surface area contributed by atoms with Crippen LogP contribution < -0.4 is 4.89 Å². The van der Waals surface area contributed by atoms with Crippen molar-refractivity contribution < 1.29 is 37.3 Å². The molecule has 0 aromatic rings. The van der Waals surface area contributed by atoms with Crippen LogP contribution >= 0.6 is 7.82 Å². The monoisotopic (exact) mass is 924 g/mol. The molecule has 378 valence electrons. The SMILES string of the molecule is CCCCCCC/C=C\C/C=C\C/C=C\CCCCCCCCCCC(=O)OC(COCCCCCCCCCCCCCCCCCCCCC)COP(=O)([O-])OCC[N+](C)(C)C. The molecule has 2 atom stereocenters. The summed E-state index contributed by atoms with van der Waals surface area (Å²) in [6.45, 7) is 5.44. The molecule has 0 fully saturated rings. The van der Waals surface area contributed by atoms with Crippen molar-refractivity contribution in [2.24, 2.45) is 0 Å². The summed E-state index contributed by atoms with van der Waals surface area (Å²) in [5.74, 6) is -0.337. The lowest BCUT2D eigenvalue weighted by molar-refractivity contribution is -0.870. The van der Waals surface area contributed by atoms with Gasteiger partial charge in [-0.2, -0.15) is 0 Å². The van der Waals surface area contributed by atoms with E-state index in [-0.39, 0.29) is 25.8 Å². The number of hydrogen-bond acceptors (Lipinski definition) is 7. The van der Waals surface area contributed by atoms with Gasteiger partial charge in [0.05, 0.1) is 34.4 Å². The highest BCUT2D eigenvalue weighted by molar-refractivity contribution is 7.45. The van der Waals surface area contributed by atoms with Crippen LogP contribution in [0.3, 0.4) is 0 Å². The lowest BCUT2D eigenvalue weighted by atomic mass is 10.0. The highest BCUT2D eigenvalue weighted by Gasteiger charge is 2.20. The number of unbranched alkanes of at least 4 members (excludes halogenated alkanes) is 31. The topological polar surface area (TPSA) is 94.1 Å². The minimum absolute atomic E-state index is 0.0258. The maximum absolute atomic E-state index is 12.8. The number of hydrogen-bond donors (Lipinski definition) is 0. The second-order valence-electron chi connectivity index (χ2n) is 19.6. The third-order valence-electron chi connectivity index (χ3n) is 11.9. The molecule has 9 heteroatoms. The standard InChI is InChI=1S/C55H106NO7P/c1-6-8-10-12-14-16-18-20-22-24-26-27-28-29-30-32-34-36-38-40-42-44-46-48-55(57)63-54(53-62-64(58,59)61-51-49-56(3,4)5)52-60-50-47-45-43-41-39-37-35-33-31-25-23-21-19-17-15-13-11-9-7-2/h18,20,24,26,28-29,54H,6-17,19,21-23,25,27,30-53H2,1-5H3/b20-18-,26-24-,29-28-. The van der Waals surface area contributed by atoms with Crippen LogP contribution in [0.1, 0.15) is 251 Å². The maximum Gasteiger partial charge on any atom is 0.306 e. The van der Waals surface area contributed by atoms with Gasteiger partial charge in [0, 0.05) is 13.0 Å². The Morgan fingerprint density at radius 2 is 0.859 bits per heavy atom. The largest absolute Gasteiger partial charge is 0.756 e. The lowest BCUT2D eigenvalue weighted by Crippen LogP contribution is -2.37. The first-order valence-corrected chi connectivity index (χ1v) is 28.7. The van der Waals surface area contributed by atoms with Crippen molar-refractivity contribution in [3.8, 4) is 0 Å². The third kappa shape index (κ3) is 51.7. The van der Waals surface area contributed by atoms with Gasteiger partial charge in [0.2, 0.25) is 0 Å². The van der Waals surface area contributed by atoms with Gasteiger partial charge in [-0.3, -0.25) is 9.36 Å². The molecule has 0 spiro atoms. The maximum atomic E-state index is 12.8. The summed E-state index contributed by atoms with van der Waals surface area (Å²) in [6, 6.07) is 0. The highest BCUT2D eigenvalue weighted by Crippen LogP contribution is 2.38. The predicted octanol–water partition coefficient (Wildman–Crippen LogP) is 16.3. The first-order chi connectivity index (χ1) is 31.1. The molecule has 8 nitrogen and oxygen atoms in total. The molecule has 0 radical (unpaired) electrons. The smallest absolute Gasteiger partial charge is 0.306 e. The summed E-state index contributed by atoms with van der Waals surface area (Å²) < 4.78 is 34.8. The van der Waals surface area contributed by atoms with Crippen molar-refractivity contribution in [1.82, 2.24) is 0 Å². The summed E-state index contributed by atoms with van der Waals surface area (Å²) in [7, 11) is 1.36. The normalized spacial score (nSPS) is 13.8. The van der Waals surface area contributed by atoms with Gasteiger partial charge < -0.3 is 27.9 Å². The first kappa shape index (κ1) is 62.7. The molecule has 0 aliphatic rings. The van der Waals surface area contributed by atoms with Crippen molar-refractivity contribution >= 4 is 13.8 Å². The zero-order chi connectivity index (χ0) is 46.9. The Balaban J connectivity index is 4.11. The number of allylic oxidation sites excluding steroid dienone is 6. The van der Waals surface area contributed by atoms with E-state index in [1.54, 1.807) is 0 Å². The number of carbonyl (C=O) groups is 1. The Labute approximate surface area is 397 Å². The average molecular weight is 924 g/mol. The Morgan fingerprint density at radius 3 is 1.28 bits per heavy atom. The summed E-state index contributed by atoms with van der Waals surface area (Å²) in [6.07, 6.45) is 58.8. The van der Waals surface area contributed by atoms with Gasteiger partial charge in [0.1, 0.15) is 19.3 Å². The zero-order valence-electron chi connectivity index (χ0n) is 43.0. The van der Waals surface area contributed by atoms with Crippen LogP contribution in [-0.4, -0.2) is 70.7 Å². The van der Waals surface area contributed by atoms with E-state index in [9.17, 15) is 14.3 Å². The van der Waals surface area contributed by atoms with Crippen LogP contribution in [0.4, 0.5) is 0 Å². The highest BCUT2D eigenvalue weighted by atomic mass is 31.2. The summed E-state index contributed by atoms with van der Waals surface area (Å²) in [5, 5.41) is 0. The van der Waals surface area contributed by atoms with E-state index in [4.69, 9.17) is 18.5 Å². The van der Waals surface area contributed by atoms with E-state index in [1.165, 1.54) is 180 Å². The number of likely N-dealkylation sites (N-methyl/N-ethyl adjacent to an activating group) is 1. The van der Waals surface area contributed by atoms with Gasteiger partial charge in [-0.05, 0) is 51.4 Å². The van der Waals surface area contributed by atoms with Crippen LogP contribution in [0.2, 0.25) is 0 Å². The van der Waals surface area contributed by atoms with Crippen LogP contribution in [0.5, 0.6) is 0 Å². The number of phosphoric ester groups is 1. The molecule has 2 unspecified atom stereocenters. The number of quaternary nitrogens is 1. The molecule has 0 rings (SSSR count). The number of esters is 1. The van der Waals surface area contributed by atoms with Crippen molar-refractivity contribution in [1.29, 1.82) is 0 Å². The number of nitrogens with zero attached hydrogens (tertiary/aromatic N) is 1. The number of phosphoric acid groups is 1. The van der Waals surface area contributed by atoms with Gasteiger partial charge in [0.25, 0.3) is 7.82 Å². The van der Waals surface area contributed by atoms with E-state index < -0.39 is 13.9 Å². The predicted molar refractivity (Wildman–Crippen MR) is 273 cm³/mol. The van der Waals surface area contributed by atoms with Crippen LogP contribution in [0, 0.1) is 0 Å². The second-order valence-corrected chi connectivity index (χ2v) is 21.0. The molecule has 0 aromatic heterocycles. The van der Waals surface area contributed by atoms with Gasteiger partial charge in [-0.15, -0.1) is 0 Å². The van der Waals surface area contributed by atoms with Gasteiger partial charge in [-0.1, -0.05) is 230 Å². The van der Waals surface area contributed by atoms with E-state index in [0.717, 1.165) is 51.4 Å². The number of rotatable bonds is 51. The second kappa shape index (κ2) is 48.2. The number of ether oxygens (including phenoxy) is 2. The zero-order valence-corrected chi connectivity index (χ0v) is 43.9. The molecular formula is C55H106NO7P. The minimum atomic E-state index is -4.53. The lowest BCUT2D eigenvalue weighted by Gasteiger charge is -2.28. The fourth-order valence-electron chi connectivity index (χ4n) is 7.73. The third-order valence-corrected chi connectivity index (χ3v) is 12.9. The Bertz CT molecular complexity index is 1120. The molecule has 0 N–H and O–H groups in total. The average Bonchev–Trinajstić information content (AvgIpc) is 3.25. The van der Waals surface area contributed by atoms with Crippen molar-refractivity contribution in [2.75, 3.05) is 54.1 Å². The fourth-order valence-corrected chi connectivity index (χ4v) is 8.46. The number of carbonyl (C=O) groups excluding carboxylic acids is 1. The Hall–Kier alpha value is -1.28. The molecule has 0 aliphatic carbocycles. The molecule has 0 aliphatic heterocycles. The van der Waals surface area contributed by atoms with E-state index >= 15 is 0 Å². The molecule has 0 heterocycles. The Morgan fingerprint density at radius 1 is 0.484 bits per heavy atom. The molecule has 0 aromatic carbocycles. The minimum Gasteiger partial charge on any atom is -0.756 e. The van der Waals surface area contributed by atoms with Crippen molar-refractivity contribution in [3.63, 3.8) is 0 Å².